The topological polar surface area (TPSA) is 15.3 Å². The number of likely N-dealkylation sites (tertiary alicyclic amines) is 1. The van der Waals surface area contributed by atoms with Crippen LogP contribution >= 0.6 is 0 Å². The lowest BCUT2D eigenvalue weighted by Gasteiger charge is -2.45. The first-order chi connectivity index (χ1) is 10.8. The van der Waals surface area contributed by atoms with Gasteiger partial charge in [-0.25, -0.2) is 0 Å². The molecule has 2 fully saturated rings. The zero-order valence-electron chi connectivity index (χ0n) is 14.3. The highest BCUT2D eigenvalue weighted by Crippen LogP contribution is 2.34. The second-order valence-corrected chi connectivity index (χ2v) is 7.46. The van der Waals surface area contributed by atoms with Gasteiger partial charge in [0.15, 0.2) is 0 Å². The molecule has 22 heavy (non-hydrogen) atoms. The van der Waals surface area contributed by atoms with Crippen LogP contribution in [0.3, 0.4) is 0 Å². The van der Waals surface area contributed by atoms with Gasteiger partial charge in [-0.15, -0.1) is 0 Å². The zero-order chi connectivity index (χ0) is 15.4. The number of rotatable bonds is 6. The van der Waals surface area contributed by atoms with Crippen LogP contribution in [0, 0.1) is 11.8 Å². The van der Waals surface area contributed by atoms with Gasteiger partial charge in [-0.1, -0.05) is 50.1 Å². The van der Waals surface area contributed by atoms with E-state index in [9.17, 15) is 0 Å². The molecule has 1 saturated carbocycles. The number of nitrogens with zero attached hydrogens (tertiary/aromatic N) is 1. The molecule has 3 atom stereocenters. The molecule has 2 aliphatic rings. The van der Waals surface area contributed by atoms with Crippen LogP contribution in [-0.2, 0) is 6.54 Å². The lowest BCUT2D eigenvalue weighted by atomic mass is 9.78. The van der Waals surface area contributed by atoms with Crippen LogP contribution in [0.1, 0.15) is 51.5 Å². The fourth-order valence-electron chi connectivity index (χ4n) is 4.10. The number of piperidine rings is 1. The van der Waals surface area contributed by atoms with E-state index >= 15 is 0 Å². The molecule has 1 N–H and O–H groups in total. The average Bonchev–Trinajstić information content (AvgIpc) is 2.52. The van der Waals surface area contributed by atoms with Crippen LogP contribution < -0.4 is 5.32 Å². The molecule has 3 rings (SSSR count). The minimum atomic E-state index is 0.654. The van der Waals surface area contributed by atoms with E-state index in [4.69, 9.17) is 0 Å². The maximum Gasteiger partial charge on any atom is 0.0208 e. The quantitative estimate of drug-likeness (QED) is 0.852. The van der Waals surface area contributed by atoms with Gasteiger partial charge in [-0.05, 0) is 43.6 Å². The fourth-order valence-corrected chi connectivity index (χ4v) is 4.10. The summed E-state index contributed by atoms with van der Waals surface area (Å²) in [6.07, 6.45) is 7.03. The molecule has 2 nitrogen and oxygen atoms in total. The second-order valence-electron chi connectivity index (χ2n) is 7.46. The van der Waals surface area contributed by atoms with Crippen molar-refractivity contribution in [1.29, 1.82) is 0 Å². The van der Waals surface area contributed by atoms with Gasteiger partial charge in [0.1, 0.15) is 0 Å². The Morgan fingerprint density at radius 3 is 2.59 bits per heavy atom. The van der Waals surface area contributed by atoms with Gasteiger partial charge >= 0.3 is 0 Å². The number of nitrogens with one attached hydrogen (secondary N) is 1. The molecule has 1 aliphatic carbocycles. The summed E-state index contributed by atoms with van der Waals surface area (Å²) in [5, 5.41) is 3.82. The average molecular weight is 300 g/mol. The van der Waals surface area contributed by atoms with E-state index in [1.165, 1.54) is 50.8 Å². The molecule has 3 unspecified atom stereocenters. The van der Waals surface area contributed by atoms with Crippen molar-refractivity contribution in [3.05, 3.63) is 35.9 Å². The van der Waals surface area contributed by atoms with E-state index in [1.807, 2.05) is 0 Å². The lowest BCUT2D eigenvalue weighted by Crippen LogP contribution is -2.54. The molecule has 1 saturated heterocycles. The minimum Gasteiger partial charge on any atom is -0.309 e. The molecule has 2 heteroatoms. The minimum absolute atomic E-state index is 0.654. The Balaban J connectivity index is 1.55. The first-order valence-electron chi connectivity index (χ1n) is 9.27. The van der Waals surface area contributed by atoms with Crippen LogP contribution in [-0.4, -0.2) is 30.1 Å². The highest BCUT2D eigenvalue weighted by Gasteiger charge is 2.33. The van der Waals surface area contributed by atoms with Gasteiger partial charge in [0.05, 0.1) is 0 Å². The number of hydrogen-bond donors (Lipinski definition) is 1. The molecular weight excluding hydrogens is 268 g/mol. The molecule has 1 heterocycles. The van der Waals surface area contributed by atoms with Crippen molar-refractivity contribution in [1.82, 2.24) is 10.2 Å². The van der Waals surface area contributed by atoms with Crippen LogP contribution in [0.25, 0.3) is 0 Å². The molecule has 1 aromatic carbocycles. The van der Waals surface area contributed by atoms with Crippen LogP contribution in [0.15, 0.2) is 30.3 Å². The summed E-state index contributed by atoms with van der Waals surface area (Å²) in [5.74, 6) is 1.83. The van der Waals surface area contributed by atoms with E-state index in [2.05, 4.69) is 54.4 Å². The van der Waals surface area contributed by atoms with Crippen LogP contribution in [0.4, 0.5) is 0 Å². The van der Waals surface area contributed by atoms with Gasteiger partial charge in [-0.2, -0.15) is 0 Å². The Bertz CT molecular complexity index is 440. The van der Waals surface area contributed by atoms with Crippen molar-refractivity contribution in [2.75, 3.05) is 13.1 Å². The SMILES string of the molecule is CCC1CC(NCc2ccccc2)CN(C(C)C2CCC2)C1. The molecule has 0 radical (unpaired) electrons. The van der Waals surface area contributed by atoms with E-state index in [0.717, 1.165) is 24.4 Å². The zero-order valence-corrected chi connectivity index (χ0v) is 14.3. The van der Waals surface area contributed by atoms with Crippen molar-refractivity contribution in [2.24, 2.45) is 11.8 Å². The maximum atomic E-state index is 3.82. The predicted octanol–water partition coefficient (Wildman–Crippen LogP) is 4.07. The summed E-state index contributed by atoms with van der Waals surface area (Å²) in [5.41, 5.74) is 1.40. The highest BCUT2D eigenvalue weighted by atomic mass is 15.2. The third-order valence-electron chi connectivity index (χ3n) is 5.99. The van der Waals surface area contributed by atoms with Crippen molar-refractivity contribution >= 4 is 0 Å². The maximum absolute atomic E-state index is 3.82. The van der Waals surface area contributed by atoms with E-state index in [0.29, 0.717) is 6.04 Å². The number of benzene rings is 1. The summed E-state index contributed by atoms with van der Waals surface area (Å²) < 4.78 is 0. The molecular formula is C20H32N2. The van der Waals surface area contributed by atoms with Crippen LogP contribution in [0.2, 0.25) is 0 Å². The fraction of sp³-hybridized carbons (Fsp3) is 0.700. The van der Waals surface area contributed by atoms with Gasteiger partial charge in [0.25, 0.3) is 0 Å². The molecule has 0 aromatic heterocycles. The molecule has 122 valence electrons. The van der Waals surface area contributed by atoms with Crippen molar-refractivity contribution in [2.45, 2.75) is 64.6 Å². The van der Waals surface area contributed by atoms with Gasteiger partial charge in [0.2, 0.25) is 0 Å². The number of hydrogen-bond acceptors (Lipinski definition) is 2. The summed E-state index contributed by atoms with van der Waals surface area (Å²) in [6.45, 7) is 8.39. The third-order valence-corrected chi connectivity index (χ3v) is 5.99. The molecule has 0 spiro atoms. The van der Waals surface area contributed by atoms with E-state index in [-0.39, 0.29) is 0 Å². The Labute approximate surface area is 136 Å². The Kier molecular flexibility index (Phi) is 5.54. The van der Waals surface area contributed by atoms with Crippen LogP contribution in [0.5, 0.6) is 0 Å². The van der Waals surface area contributed by atoms with E-state index < -0.39 is 0 Å². The summed E-state index contributed by atoms with van der Waals surface area (Å²) in [7, 11) is 0. The first-order valence-corrected chi connectivity index (χ1v) is 9.27. The summed E-state index contributed by atoms with van der Waals surface area (Å²) in [4.78, 5) is 2.78. The third kappa shape index (κ3) is 3.91. The molecule has 1 aromatic rings. The Hall–Kier alpha value is -0.860. The van der Waals surface area contributed by atoms with Gasteiger partial charge < -0.3 is 5.32 Å². The highest BCUT2D eigenvalue weighted by molar-refractivity contribution is 5.14. The van der Waals surface area contributed by atoms with Gasteiger partial charge in [0, 0.05) is 31.7 Å². The predicted molar refractivity (Wildman–Crippen MR) is 93.8 cm³/mol. The van der Waals surface area contributed by atoms with Gasteiger partial charge in [-0.3, -0.25) is 4.90 Å². The lowest BCUT2D eigenvalue weighted by molar-refractivity contribution is 0.0503. The Morgan fingerprint density at radius 1 is 1.18 bits per heavy atom. The largest absolute Gasteiger partial charge is 0.309 e. The smallest absolute Gasteiger partial charge is 0.0208 e. The first kappa shape index (κ1) is 16.0. The van der Waals surface area contributed by atoms with E-state index in [1.54, 1.807) is 0 Å². The van der Waals surface area contributed by atoms with Crippen molar-refractivity contribution in [3.63, 3.8) is 0 Å². The second kappa shape index (κ2) is 7.61. The monoisotopic (exact) mass is 300 g/mol. The molecule has 0 amide bonds. The molecule has 1 aliphatic heterocycles. The van der Waals surface area contributed by atoms with Crippen molar-refractivity contribution in [3.8, 4) is 0 Å². The summed E-state index contributed by atoms with van der Waals surface area (Å²) >= 11 is 0. The standard InChI is InChI=1S/C20H32N2/c1-3-17-12-20(21-13-18-8-5-4-6-9-18)15-22(14-17)16(2)19-10-7-11-19/h4-6,8-9,16-17,19-21H,3,7,10-15H2,1-2H3. The summed E-state index contributed by atoms with van der Waals surface area (Å²) in [6, 6.07) is 12.3. The van der Waals surface area contributed by atoms with Crippen molar-refractivity contribution < 1.29 is 0 Å². The normalized spacial score (nSPS) is 28.3. The Morgan fingerprint density at radius 2 is 1.95 bits per heavy atom. The molecule has 0 bridgehead atoms.